The van der Waals surface area contributed by atoms with E-state index in [1.54, 1.807) is 6.26 Å². The highest BCUT2D eigenvalue weighted by atomic mass is 16.5. The lowest BCUT2D eigenvalue weighted by Crippen LogP contribution is -2.36. The van der Waals surface area contributed by atoms with Crippen molar-refractivity contribution < 1.29 is 9.15 Å². The summed E-state index contributed by atoms with van der Waals surface area (Å²) in [6.45, 7) is 2.97. The average molecular weight is 235 g/mol. The number of ether oxygens (including phenoxy) is 1. The lowest BCUT2D eigenvalue weighted by atomic mass is 10.1. The van der Waals surface area contributed by atoms with Crippen LogP contribution in [-0.2, 0) is 11.3 Å². The summed E-state index contributed by atoms with van der Waals surface area (Å²) < 4.78 is 11.3. The Kier molecular flexibility index (Phi) is 3.48. The van der Waals surface area contributed by atoms with Gasteiger partial charge in [-0.15, -0.1) is 0 Å². The summed E-state index contributed by atoms with van der Waals surface area (Å²) in [6.07, 6.45) is 8.67. The summed E-state index contributed by atoms with van der Waals surface area (Å²) in [5, 5.41) is 0. The maximum atomic E-state index is 5.83. The molecule has 3 nitrogen and oxygen atoms in total. The van der Waals surface area contributed by atoms with E-state index in [4.69, 9.17) is 9.15 Å². The molecular formula is C14H21NO2. The van der Waals surface area contributed by atoms with Gasteiger partial charge >= 0.3 is 0 Å². The molecule has 1 saturated carbocycles. The first-order chi connectivity index (χ1) is 8.42. The number of rotatable bonds is 5. The van der Waals surface area contributed by atoms with Crippen LogP contribution >= 0.6 is 0 Å². The van der Waals surface area contributed by atoms with Crippen molar-refractivity contribution in [1.82, 2.24) is 4.90 Å². The van der Waals surface area contributed by atoms with Gasteiger partial charge in [-0.2, -0.15) is 0 Å². The highest BCUT2D eigenvalue weighted by molar-refractivity contribution is 5.00. The second-order valence-corrected chi connectivity index (χ2v) is 5.23. The van der Waals surface area contributed by atoms with Crippen molar-refractivity contribution in [3.63, 3.8) is 0 Å². The monoisotopic (exact) mass is 235 g/mol. The third-order valence-corrected chi connectivity index (χ3v) is 3.71. The zero-order chi connectivity index (χ0) is 11.5. The number of furan rings is 1. The van der Waals surface area contributed by atoms with Crippen molar-refractivity contribution in [2.75, 3.05) is 13.2 Å². The van der Waals surface area contributed by atoms with Crippen LogP contribution in [0.15, 0.2) is 22.8 Å². The molecule has 1 unspecified atom stereocenters. The van der Waals surface area contributed by atoms with Crippen LogP contribution < -0.4 is 0 Å². The molecule has 1 aromatic heterocycles. The molecular weight excluding hydrogens is 214 g/mol. The minimum Gasteiger partial charge on any atom is -0.468 e. The van der Waals surface area contributed by atoms with Crippen molar-refractivity contribution in [2.45, 2.75) is 50.8 Å². The number of nitrogens with zero attached hydrogens (tertiary/aromatic N) is 1. The Hall–Kier alpha value is -0.800. The summed E-state index contributed by atoms with van der Waals surface area (Å²) in [5.41, 5.74) is 0. The van der Waals surface area contributed by atoms with Crippen LogP contribution in [0.1, 0.15) is 37.9 Å². The van der Waals surface area contributed by atoms with E-state index >= 15 is 0 Å². The van der Waals surface area contributed by atoms with E-state index in [1.807, 2.05) is 6.07 Å². The van der Waals surface area contributed by atoms with Crippen molar-refractivity contribution in [1.29, 1.82) is 0 Å². The van der Waals surface area contributed by atoms with Crippen LogP contribution in [0.3, 0.4) is 0 Å². The van der Waals surface area contributed by atoms with E-state index in [9.17, 15) is 0 Å². The predicted molar refractivity (Wildman–Crippen MR) is 65.7 cm³/mol. The third-order valence-electron chi connectivity index (χ3n) is 3.71. The van der Waals surface area contributed by atoms with Gasteiger partial charge in [0, 0.05) is 19.2 Å². The second kappa shape index (κ2) is 5.23. The molecule has 0 amide bonds. The minimum absolute atomic E-state index is 0.444. The standard InChI is InChI=1S/C14H21NO2/c1-2-8-16-13(4-1)10-15(12-6-7-12)11-14-5-3-9-17-14/h3,5,9,12-13H,1-2,4,6-8,10-11H2. The van der Waals surface area contributed by atoms with Gasteiger partial charge in [0.1, 0.15) is 5.76 Å². The molecule has 0 N–H and O–H groups in total. The first kappa shape index (κ1) is 11.3. The minimum atomic E-state index is 0.444. The Morgan fingerprint density at radius 1 is 1.24 bits per heavy atom. The summed E-state index contributed by atoms with van der Waals surface area (Å²) in [6, 6.07) is 4.81. The molecule has 17 heavy (non-hydrogen) atoms. The molecule has 2 aliphatic rings. The Bertz CT molecular complexity index is 326. The Balaban J connectivity index is 1.56. The van der Waals surface area contributed by atoms with E-state index in [-0.39, 0.29) is 0 Å². The van der Waals surface area contributed by atoms with Gasteiger partial charge < -0.3 is 9.15 Å². The molecule has 2 fully saturated rings. The Labute approximate surface area is 103 Å². The van der Waals surface area contributed by atoms with Crippen LogP contribution in [-0.4, -0.2) is 30.2 Å². The van der Waals surface area contributed by atoms with Gasteiger partial charge in [-0.1, -0.05) is 0 Å². The van der Waals surface area contributed by atoms with Crippen LogP contribution in [0.2, 0.25) is 0 Å². The number of hydrogen-bond acceptors (Lipinski definition) is 3. The molecule has 1 saturated heterocycles. The van der Waals surface area contributed by atoms with Gasteiger partial charge in [0.2, 0.25) is 0 Å². The van der Waals surface area contributed by atoms with Gasteiger partial charge in [-0.3, -0.25) is 4.90 Å². The molecule has 0 radical (unpaired) electrons. The molecule has 0 spiro atoms. The zero-order valence-corrected chi connectivity index (χ0v) is 10.3. The summed E-state index contributed by atoms with van der Waals surface area (Å²) >= 11 is 0. The average Bonchev–Trinajstić information content (AvgIpc) is 3.09. The molecule has 1 aliphatic heterocycles. The smallest absolute Gasteiger partial charge is 0.117 e. The predicted octanol–water partition coefficient (Wildman–Crippen LogP) is 2.81. The fraction of sp³-hybridized carbons (Fsp3) is 0.714. The molecule has 1 aliphatic carbocycles. The zero-order valence-electron chi connectivity index (χ0n) is 10.3. The molecule has 3 heteroatoms. The van der Waals surface area contributed by atoms with E-state index < -0.39 is 0 Å². The van der Waals surface area contributed by atoms with E-state index in [0.717, 1.165) is 31.5 Å². The highest BCUT2D eigenvalue weighted by Crippen LogP contribution is 2.29. The first-order valence-corrected chi connectivity index (χ1v) is 6.80. The van der Waals surface area contributed by atoms with Gasteiger partial charge in [0.25, 0.3) is 0 Å². The topological polar surface area (TPSA) is 25.6 Å². The summed E-state index contributed by atoms with van der Waals surface area (Å²) in [5.74, 6) is 1.08. The highest BCUT2D eigenvalue weighted by Gasteiger charge is 2.31. The normalized spacial score (nSPS) is 25.4. The fourth-order valence-electron chi connectivity index (χ4n) is 2.60. The van der Waals surface area contributed by atoms with Gasteiger partial charge in [0.05, 0.1) is 18.9 Å². The van der Waals surface area contributed by atoms with Crippen molar-refractivity contribution >= 4 is 0 Å². The van der Waals surface area contributed by atoms with Crippen LogP contribution in [0.4, 0.5) is 0 Å². The maximum absolute atomic E-state index is 5.83. The molecule has 0 bridgehead atoms. The van der Waals surface area contributed by atoms with Gasteiger partial charge in [0.15, 0.2) is 0 Å². The van der Waals surface area contributed by atoms with E-state index in [2.05, 4.69) is 11.0 Å². The fourth-order valence-corrected chi connectivity index (χ4v) is 2.60. The summed E-state index contributed by atoms with van der Waals surface area (Å²) in [4.78, 5) is 2.54. The Morgan fingerprint density at radius 3 is 2.82 bits per heavy atom. The molecule has 1 atom stereocenters. The van der Waals surface area contributed by atoms with E-state index in [1.165, 1.54) is 32.1 Å². The largest absolute Gasteiger partial charge is 0.468 e. The van der Waals surface area contributed by atoms with Crippen LogP contribution in [0.5, 0.6) is 0 Å². The van der Waals surface area contributed by atoms with Gasteiger partial charge in [-0.25, -0.2) is 0 Å². The van der Waals surface area contributed by atoms with Crippen LogP contribution in [0.25, 0.3) is 0 Å². The van der Waals surface area contributed by atoms with Gasteiger partial charge in [-0.05, 0) is 44.2 Å². The second-order valence-electron chi connectivity index (χ2n) is 5.23. The Morgan fingerprint density at radius 2 is 2.18 bits per heavy atom. The molecule has 2 heterocycles. The maximum Gasteiger partial charge on any atom is 0.117 e. The summed E-state index contributed by atoms with van der Waals surface area (Å²) in [7, 11) is 0. The SMILES string of the molecule is c1coc(CN(CC2CCCCO2)C2CC2)c1. The lowest BCUT2D eigenvalue weighted by Gasteiger charge is -2.29. The quantitative estimate of drug-likeness (QED) is 0.784. The molecule has 0 aromatic carbocycles. The van der Waals surface area contributed by atoms with Crippen molar-refractivity contribution in [3.05, 3.63) is 24.2 Å². The number of hydrogen-bond donors (Lipinski definition) is 0. The molecule has 3 rings (SSSR count). The van der Waals surface area contributed by atoms with Crippen molar-refractivity contribution in [2.24, 2.45) is 0 Å². The first-order valence-electron chi connectivity index (χ1n) is 6.80. The molecule has 94 valence electrons. The lowest BCUT2D eigenvalue weighted by molar-refractivity contribution is -0.00981. The van der Waals surface area contributed by atoms with Crippen LogP contribution in [0, 0.1) is 0 Å². The third kappa shape index (κ3) is 3.11. The van der Waals surface area contributed by atoms with E-state index in [0.29, 0.717) is 6.10 Å². The van der Waals surface area contributed by atoms with Crippen molar-refractivity contribution in [3.8, 4) is 0 Å². The molecule has 1 aromatic rings.